The van der Waals surface area contributed by atoms with Crippen molar-refractivity contribution in [3.63, 3.8) is 0 Å². The summed E-state index contributed by atoms with van der Waals surface area (Å²) >= 11 is 0. The number of hydrogen-bond acceptors (Lipinski definition) is 4. The quantitative estimate of drug-likeness (QED) is 0.604. The molecule has 136 valence electrons. The van der Waals surface area contributed by atoms with Crippen molar-refractivity contribution in [2.45, 2.75) is 32.2 Å². The van der Waals surface area contributed by atoms with Gasteiger partial charge in [0.2, 0.25) is 0 Å². The van der Waals surface area contributed by atoms with E-state index in [2.05, 4.69) is 12.1 Å². The molecule has 0 N–H and O–H groups in total. The average Bonchev–Trinajstić information content (AvgIpc) is 2.64. The summed E-state index contributed by atoms with van der Waals surface area (Å²) in [6, 6.07) is 13.0. The predicted octanol–water partition coefficient (Wildman–Crippen LogP) is 3.82. The van der Waals surface area contributed by atoms with Gasteiger partial charge < -0.3 is 9.64 Å². The van der Waals surface area contributed by atoms with E-state index in [1.807, 2.05) is 12.1 Å². The van der Waals surface area contributed by atoms with Crippen LogP contribution in [0, 0.1) is 17.0 Å². The van der Waals surface area contributed by atoms with Crippen molar-refractivity contribution >= 4 is 11.6 Å². The van der Waals surface area contributed by atoms with E-state index in [-0.39, 0.29) is 30.0 Å². The topological polar surface area (TPSA) is 72.7 Å². The molecule has 0 saturated carbocycles. The number of ether oxygens (including phenoxy) is 1. The van der Waals surface area contributed by atoms with E-state index in [0.717, 1.165) is 19.3 Å². The summed E-state index contributed by atoms with van der Waals surface area (Å²) in [6.07, 6.45) is 2.97. The van der Waals surface area contributed by atoms with Crippen molar-refractivity contribution in [3.8, 4) is 5.75 Å². The van der Waals surface area contributed by atoms with Crippen LogP contribution in [0.1, 0.15) is 35.6 Å². The summed E-state index contributed by atoms with van der Waals surface area (Å²) in [6.45, 7) is 1.43. The van der Waals surface area contributed by atoms with E-state index in [0.29, 0.717) is 5.56 Å². The maximum atomic E-state index is 12.6. The minimum absolute atomic E-state index is 0.0172. The molecule has 0 spiro atoms. The molecule has 6 nitrogen and oxygen atoms in total. The summed E-state index contributed by atoms with van der Waals surface area (Å²) in [5, 5.41) is 11.2. The minimum Gasteiger partial charge on any atom is -0.477 e. The van der Waals surface area contributed by atoms with Gasteiger partial charge in [0.15, 0.2) is 12.4 Å². The number of nitro benzene ring substituents is 1. The van der Waals surface area contributed by atoms with Gasteiger partial charge in [-0.1, -0.05) is 36.4 Å². The first kappa shape index (κ1) is 17.9. The Morgan fingerprint density at radius 2 is 2.04 bits per heavy atom. The zero-order valence-corrected chi connectivity index (χ0v) is 15.0. The lowest BCUT2D eigenvalue weighted by atomic mass is 9.87. The standard InChI is InChI=1S/C20H22N2O4/c1-14-7-5-12-18(20(14)22(24)25)26-13-19(23)21(2)17-11-6-9-15-8-3-4-10-16(15)17/h3-5,7-8,10,12,17H,6,9,11,13H2,1-2H3. The number of benzene rings is 2. The summed E-state index contributed by atoms with van der Waals surface area (Å²) in [5.41, 5.74) is 2.87. The zero-order chi connectivity index (χ0) is 18.7. The van der Waals surface area contributed by atoms with Crippen LogP contribution in [0.25, 0.3) is 0 Å². The number of likely N-dealkylation sites (N-methyl/N-ethyl adjacent to an activating group) is 1. The lowest BCUT2D eigenvalue weighted by molar-refractivity contribution is -0.386. The fraction of sp³-hybridized carbons (Fsp3) is 0.350. The first-order valence-corrected chi connectivity index (χ1v) is 8.69. The predicted molar refractivity (Wildman–Crippen MR) is 98.2 cm³/mol. The van der Waals surface area contributed by atoms with Crippen molar-refractivity contribution in [2.24, 2.45) is 0 Å². The van der Waals surface area contributed by atoms with E-state index in [4.69, 9.17) is 4.74 Å². The highest BCUT2D eigenvalue weighted by Crippen LogP contribution is 2.34. The smallest absolute Gasteiger partial charge is 0.313 e. The van der Waals surface area contributed by atoms with Gasteiger partial charge in [0.25, 0.3) is 5.91 Å². The van der Waals surface area contributed by atoms with Gasteiger partial charge in [0.1, 0.15) is 0 Å². The van der Waals surface area contributed by atoms with Crippen LogP contribution in [0.2, 0.25) is 0 Å². The number of fused-ring (bicyclic) bond motifs is 1. The van der Waals surface area contributed by atoms with E-state index in [9.17, 15) is 14.9 Å². The second-order valence-electron chi connectivity index (χ2n) is 6.58. The van der Waals surface area contributed by atoms with Crippen LogP contribution in [-0.4, -0.2) is 29.4 Å². The van der Waals surface area contributed by atoms with Crippen LogP contribution >= 0.6 is 0 Å². The number of nitro groups is 1. The highest BCUT2D eigenvalue weighted by Gasteiger charge is 2.27. The van der Waals surface area contributed by atoms with Crippen LogP contribution in [-0.2, 0) is 11.2 Å². The molecule has 6 heteroatoms. The monoisotopic (exact) mass is 354 g/mol. The fourth-order valence-electron chi connectivity index (χ4n) is 3.53. The molecule has 1 unspecified atom stereocenters. The first-order valence-electron chi connectivity index (χ1n) is 8.69. The van der Waals surface area contributed by atoms with Crippen molar-refractivity contribution in [1.29, 1.82) is 0 Å². The molecule has 3 rings (SSSR count). The molecule has 1 amide bonds. The molecule has 0 aliphatic heterocycles. The molecule has 1 aliphatic rings. The third-order valence-electron chi connectivity index (χ3n) is 4.93. The molecule has 0 radical (unpaired) electrons. The zero-order valence-electron chi connectivity index (χ0n) is 15.0. The van der Waals surface area contributed by atoms with E-state index in [1.165, 1.54) is 17.2 Å². The number of para-hydroxylation sites is 1. The second-order valence-corrected chi connectivity index (χ2v) is 6.58. The van der Waals surface area contributed by atoms with Crippen molar-refractivity contribution < 1.29 is 14.5 Å². The average molecular weight is 354 g/mol. The number of hydrogen-bond donors (Lipinski definition) is 0. The Bertz CT molecular complexity index is 834. The largest absolute Gasteiger partial charge is 0.477 e. The molecule has 0 heterocycles. The van der Waals surface area contributed by atoms with Gasteiger partial charge in [-0.15, -0.1) is 0 Å². The Hall–Kier alpha value is -2.89. The van der Waals surface area contributed by atoms with Crippen LogP contribution in [0.15, 0.2) is 42.5 Å². The molecule has 0 saturated heterocycles. The third-order valence-corrected chi connectivity index (χ3v) is 4.93. The van der Waals surface area contributed by atoms with Gasteiger partial charge in [-0.2, -0.15) is 0 Å². The van der Waals surface area contributed by atoms with Crippen LogP contribution in [0.3, 0.4) is 0 Å². The fourth-order valence-corrected chi connectivity index (χ4v) is 3.53. The maximum absolute atomic E-state index is 12.6. The summed E-state index contributed by atoms with van der Waals surface area (Å²) in [7, 11) is 1.77. The molecule has 2 aromatic carbocycles. The van der Waals surface area contributed by atoms with Crippen LogP contribution in [0.5, 0.6) is 5.75 Å². The van der Waals surface area contributed by atoms with Gasteiger partial charge in [-0.05, 0) is 43.4 Å². The van der Waals surface area contributed by atoms with Crippen LogP contribution in [0.4, 0.5) is 5.69 Å². The molecule has 0 bridgehead atoms. The molecule has 1 atom stereocenters. The number of nitrogens with zero attached hydrogens (tertiary/aromatic N) is 2. The van der Waals surface area contributed by atoms with Crippen LogP contribution < -0.4 is 4.74 Å². The maximum Gasteiger partial charge on any atom is 0.313 e. The van der Waals surface area contributed by atoms with Gasteiger partial charge in [-0.25, -0.2) is 0 Å². The Kier molecular flexibility index (Phi) is 5.21. The first-order chi connectivity index (χ1) is 12.5. The minimum atomic E-state index is -0.476. The highest BCUT2D eigenvalue weighted by molar-refractivity contribution is 5.78. The number of carbonyl (C=O) groups excluding carboxylic acids is 1. The molecule has 0 aromatic heterocycles. The molecular formula is C20H22N2O4. The molecular weight excluding hydrogens is 332 g/mol. The SMILES string of the molecule is Cc1cccc(OCC(=O)N(C)C2CCCc3ccccc32)c1[N+](=O)[O-]. The number of amides is 1. The lowest BCUT2D eigenvalue weighted by Crippen LogP contribution is -2.36. The summed E-state index contributed by atoms with van der Waals surface area (Å²) in [4.78, 5) is 25.1. The van der Waals surface area contributed by atoms with E-state index >= 15 is 0 Å². The summed E-state index contributed by atoms with van der Waals surface area (Å²) in [5.74, 6) is -0.0664. The Balaban J connectivity index is 1.72. The second kappa shape index (κ2) is 7.56. The number of aryl methyl sites for hydroxylation is 2. The van der Waals surface area contributed by atoms with Crippen molar-refractivity contribution in [1.82, 2.24) is 4.90 Å². The Morgan fingerprint density at radius 3 is 2.81 bits per heavy atom. The molecule has 1 aliphatic carbocycles. The molecule has 0 fully saturated rings. The number of rotatable bonds is 5. The van der Waals surface area contributed by atoms with Gasteiger partial charge in [0.05, 0.1) is 11.0 Å². The lowest BCUT2D eigenvalue weighted by Gasteiger charge is -2.33. The molecule has 26 heavy (non-hydrogen) atoms. The Morgan fingerprint density at radius 1 is 1.27 bits per heavy atom. The van der Waals surface area contributed by atoms with Crippen molar-refractivity contribution in [2.75, 3.05) is 13.7 Å². The number of carbonyl (C=O) groups is 1. The third kappa shape index (κ3) is 3.54. The van der Waals surface area contributed by atoms with Gasteiger partial charge >= 0.3 is 5.69 Å². The Labute approximate surface area is 152 Å². The van der Waals surface area contributed by atoms with Crippen molar-refractivity contribution in [3.05, 3.63) is 69.3 Å². The highest BCUT2D eigenvalue weighted by atomic mass is 16.6. The van der Waals surface area contributed by atoms with E-state index < -0.39 is 4.92 Å². The molecule has 2 aromatic rings. The van der Waals surface area contributed by atoms with E-state index in [1.54, 1.807) is 31.0 Å². The van der Waals surface area contributed by atoms with Gasteiger partial charge in [0, 0.05) is 12.6 Å². The van der Waals surface area contributed by atoms with Gasteiger partial charge in [-0.3, -0.25) is 14.9 Å². The normalized spacial score (nSPS) is 15.8. The summed E-state index contributed by atoms with van der Waals surface area (Å²) < 4.78 is 5.51.